The third-order valence-electron chi connectivity index (χ3n) is 8.29. The van der Waals surface area contributed by atoms with Crippen molar-refractivity contribution in [2.45, 2.75) is 83.8 Å². The molecule has 1 amide bonds. The summed E-state index contributed by atoms with van der Waals surface area (Å²) in [6.45, 7) is 10.4. The molecule has 14 heteroatoms. The van der Waals surface area contributed by atoms with E-state index in [0.29, 0.717) is 0 Å². The Morgan fingerprint density at radius 3 is 2.33 bits per heavy atom. The summed E-state index contributed by atoms with van der Waals surface area (Å²) in [4.78, 5) is 39.0. The first-order valence-electron chi connectivity index (χ1n) is 16.1. The van der Waals surface area contributed by atoms with Gasteiger partial charge in [-0.1, -0.05) is 62.2 Å². The number of hydrogen-bond donors (Lipinski definition) is 2. The third kappa shape index (κ3) is 8.72. The lowest BCUT2D eigenvalue weighted by molar-refractivity contribution is -0.118. The molecule has 0 spiro atoms. The van der Waals surface area contributed by atoms with Gasteiger partial charge in [0.1, 0.15) is 22.8 Å². The minimum atomic E-state index is -1.83. The zero-order valence-corrected chi connectivity index (χ0v) is 30.6. The standard InChI is InChI=1S/C37H39Cl2F2N3O7/c1-19(2)49-35(47)51-20(3)50-34(46)21-11-14-27(28(15-21)48-7)43-33(45)32-30(23-9-8-10-25(39)31(23)41)37(18-42,29(44-32)17-36(4,5)6)24-13-12-22(38)16-26(24)40/h8-16,19-20,29-30,32,44H,17H2,1-7H3,(H,43,45)/t20?,29-,30?,32+,37-/m0/s1. The molecule has 1 aliphatic rings. The molecular weight excluding hydrogens is 707 g/mol. The van der Waals surface area contributed by atoms with Crippen molar-refractivity contribution in [3.8, 4) is 11.8 Å². The van der Waals surface area contributed by atoms with Gasteiger partial charge in [-0.25, -0.2) is 18.4 Å². The highest BCUT2D eigenvalue weighted by molar-refractivity contribution is 6.31. The Hall–Kier alpha value is -4.44. The monoisotopic (exact) mass is 745 g/mol. The summed E-state index contributed by atoms with van der Waals surface area (Å²) in [7, 11) is 1.31. The number of benzene rings is 3. The summed E-state index contributed by atoms with van der Waals surface area (Å²) in [6, 6.07) is 12.3. The van der Waals surface area contributed by atoms with Gasteiger partial charge in [-0.15, -0.1) is 0 Å². The van der Waals surface area contributed by atoms with Gasteiger partial charge in [0.2, 0.25) is 12.2 Å². The zero-order valence-electron chi connectivity index (χ0n) is 29.1. The normalized spacial score (nSPS) is 20.6. The highest BCUT2D eigenvalue weighted by Gasteiger charge is 2.61. The quantitative estimate of drug-likeness (QED) is 0.155. The maximum Gasteiger partial charge on any atom is 0.511 e. The molecule has 2 unspecified atom stereocenters. The van der Waals surface area contributed by atoms with E-state index >= 15 is 8.78 Å². The summed E-state index contributed by atoms with van der Waals surface area (Å²) in [5, 5.41) is 16.9. The van der Waals surface area contributed by atoms with Crippen LogP contribution in [0.5, 0.6) is 5.75 Å². The van der Waals surface area contributed by atoms with Gasteiger partial charge in [0.05, 0.1) is 41.6 Å². The van der Waals surface area contributed by atoms with Gasteiger partial charge in [-0.2, -0.15) is 5.26 Å². The minimum absolute atomic E-state index is 0.00217. The van der Waals surface area contributed by atoms with Crippen molar-refractivity contribution in [3.63, 3.8) is 0 Å². The molecule has 1 saturated heterocycles. The molecule has 0 aliphatic carbocycles. The van der Waals surface area contributed by atoms with E-state index in [1.807, 2.05) is 20.8 Å². The predicted molar refractivity (Wildman–Crippen MR) is 187 cm³/mol. The fourth-order valence-corrected chi connectivity index (χ4v) is 6.63. The lowest BCUT2D eigenvalue weighted by atomic mass is 9.62. The van der Waals surface area contributed by atoms with Gasteiger partial charge < -0.3 is 29.6 Å². The number of nitriles is 1. The van der Waals surface area contributed by atoms with Crippen molar-refractivity contribution in [1.82, 2.24) is 5.32 Å². The lowest BCUT2D eigenvalue weighted by Crippen LogP contribution is -2.45. The number of nitrogens with zero attached hydrogens (tertiary/aromatic N) is 1. The van der Waals surface area contributed by atoms with Crippen molar-refractivity contribution in [2.24, 2.45) is 5.41 Å². The number of carbonyl (C=O) groups is 3. The van der Waals surface area contributed by atoms with Crippen LogP contribution < -0.4 is 15.4 Å². The van der Waals surface area contributed by atoms with E-state index in [0.717, 1.165) is 6.07 Å². The summed E-state index contributed by atoms with van der Waals surface area (Å²) in [6.07, 6.45) is -2.45. The van der Waals surface area contributed by atoms with Gasteiger partial charge in [-0.05, 0) is 67.6 Å². The summed E-state index contributed by atoms with van der Waals surface area (Å²) >= 11 is 12.3. The molecule has 51 heavy (non-hydrogen) atoms. The fraction of sp³-hybridized carbons (Fsp3) is 0.405. The second-order valence-electron chi connectivity index (χ2n) is 13.6. The molecule has 10 nitrogen and oxygen atoms in total. The molecule has 0 radical (unpaired) electrons. The number of hydrogen-bond acceptors (Lipinski definition) is 9. The number of halogens is 4. The van der Waals surface area contributed by atoms with Crippen LogP contribution in [0.3, 0.4) is 0 Å². The van der Waals surface area contributed by atoms with Crippen molar-refractivity contribution in [3.05, 3.63) is 93.0 Å². The Morgan fingerprint density at radius 2 is 1.73 bits per heavy atom. The molecule has 5 atom stereocenters. The van der Waals surface area contributed by atoms with Crippen LogP contribution in [0.4, 0.5) is 19.3 Å². The van der Waals surface area contributed by atoms with Crippen molar-refractivity contribution in [1.29, 1.82) is 5.26 Å². The topological polar surface area (TPSA) is 136 Å². The molecule has 3 aromatic carbocycles. The first kappa shape index (κ1) is 39.3. The number of anilines is 1. The molecule has 0 saturated carbocycles. The van der Waals surface area contributed by atoms with Crippen molar-refractivity contribution in [2.75, 3.05) is 12.4 Å². The molecule has 0 aromatic heterocycles. The largest absolute Gasteiger partial charge is 0.511 e. The van der Waals surface area contributed by atoms with E-state index in [1.165, 1.54) is 62.6 Å². The Morgan fingerprint density at radius 1 is 1.02 bits per heavy atom. The van der Waals surface area contributed by atoms with Crippen LogP contribution >= 0.6 is 23.2 Å². The molecule has 272 valence electrons. The maximum atomic E-state index is 16.0. The molecule has 1 heterocycles. The van der Waals surface area contributed by atoms with E-state index < -0.39 is 70.9 Å². The van der Waals surface area contributed by atoms with Gasteiger partial charge in [0, 0.05) is 29.5 Å². The summed E-state index contributed by atoms with van der Waals surface area (Å²) in [5.41, 5.74) is -2.27. The fourth-order valence-electron chi connectivity index (χ4n) is 6.29. The Bertz CT molecular complexity index is 1850. The number of methoxy groups -OCH3 is 1. The van der Waals surface area contributed by atoms with E-state index in [9.17, 15) is 19.6 Å². The molecule has 4 rings (SSSR count). The highest BCUT2D eigenvalue weighted by Crippen LogP contribution is 2.53. The van der Waals surface area contributed by atoms with Gasteiger partial charge in [-0.3, -0.25) is 4.79 Å². The smallest absolute Gasteiger partial charge is 0.495 e. The molecule has 2 N–H and O–H groups in total. The van der Waals surface area contributed by atoms with Crippen LogP contribution in [0.2, 0.25) is 10.0 Å². The number of rotatable bonds is 10. The second-order valence-corrected chi connectivity index (χ2v) is 14.4. The number of carbonyl (C=O) groups excluding carboxylic acids is 3. The molecule has 1 fully saturated rings. The predicted octanol–water partition coefficient (Wildman–Crippen LogP) is 8.31. The van der Waals surface area contributed by atoms with Crippen LogP contribution in [0.15, 0.2) is 54.6 Å². The second kappa shape index (κ2) is 15.8. The Kier molecular flexibility index (Phi) is 12.2. The van der Waals surface area contributed by atoms with Crippen molar-refractivity contribution < 1.29 is 42.1 Å². The average molecular weight is 747 g/mol. The van der Waals surface area contributed by atoms with E-state index in [1.54, 1.807) is 13.8 Å². The van der Waals surface area contributed by atoms with E-state index in [-0.39, 0.29) is 44.6 Å². The number of nitrogens with one attached hydrogen (secondary N) is 2. The molecule has 0 bridgehead atoms. The average Bonchev–Trinajstić information content (AvgIpc) is 3.34. The van der Waals surface area contributed by atoms with E-state index in [4.69, 9.17) is 42.1 Å². The minimum Gasteiger partial charge on any atom is -0.495 e. The molecular formula is C37H39Cl2F2N3O7. The number of esters is 1. The van der Waals surface area contributed by atoms with Crippen LogP contribution in [0.1, 0.15) is 75.4 Å². The molecule has 3 aromatic rings. The van der Waals surface area contributed by atoms with E-state index in [2.05, 4.69) is 16.7 Å². The van der Waals surface area contributed by atoms with Crippen molar-refractivity contribution >= 4 is 46.9 Å². The SMILES string of the molecule is COc1cc(C(=O)OC(C)OC(=O)OC(C)C)ccc1NC(=O)[C@@H]1N[C@@H](CC(C)(C)C)[C@](C#N)(c2ccc(Cl)cc2F)C1c1cccc(Cl)c1F. The maximum absolute atomic E-state index is 16.0. The molecule has 1 aliphatic heterocycles. The Balaban J connectivity index is 1.75. The number of amides is 1. The lowest BCUT2D eigenvalue weighted by Gasteiger charge is -2.37. The van der Waals surface area contributed by atoms with Crippen LogP contribution in [-0.2, 0) is 24.4 Å². The number of ether oxygens (including phenoxy) is 4. The first-order valence-corrected chi connectivity index (χ1v) is 16.8. The first-order chi connectivity index (χ1) is 23.9. The Labute approximate surface area is 305 Å². The third-order valence-corrected chi connectivity index (χ3v) is 8.82. The summed E-state index contributed by atoms with van der Waals surface area (Å²) < 4.78 is 52.4. The van der Waals surface area contributed by atoms with Gasteiger partial charge in [0.15, 0.2) is 0 Å². The zero-order chi connectivity index (χ0) is 37.8. The highest BCUT2D eigenvalue weighted by atomic mass is 35.5. The van der Waals surface area contributed by atoms with Gasteiger partial charge >= 0.3 is 12.1 Å². The van der Waals surface area contributed by atoms with Crippen LogP contribution in [0.25, 0.3) is 0 Å². The van der Waals surface area contributed by atoms with Crippen LogP contribution in [-0.4, -0.2) is 49.6 Å². The van der Waals surface area contributed by atoms with Gasteiger partial charge in [0.25, 0.3) is 0 Å². The summed E-state index contributed by atoms with van der Waals surface area (Å²) in [5.74, 6) is -4.46. The van der Waals surface area contributed by atoms with Crippen LogP contribution in [0, 0.1) is 28.4 Å².